The predicted octanol–water partition coefficient (Wildman–Crippen LogP) is 5.30. The highest BCUT2D eigenvalue weighted by Crippen LogP contribution is 2.23. The number of esters is 2. The van der Waals surface area contributed by atoms with Gasteiger partial charge in [-0.2, -0.15) is 4.39 Å². The summed E-state index contributed by atoms with van der Waals surface area (Å²) in [7, 11) is 0. The molecule has 0 atom stereocenters. The summed E-state index contributed by atoms with van der Waals surface area (Å²) in [5.74, 6) is -1.65. The molecule has 0 saturated heterocycles. The van der Waals surface area contributed by atoms with Crippen molar-refractivity contribution < 1.29 is 33.0 Å². The van der Waals surface area contributed by atoms with Crippen molar-refractivity contribution in [3.63, 3.8) is 0 Å². The first kappa shape index (κ1) is 25.6. The molecule has 0 bridgehead atoms. The molecule has 2 rings (SSSR count). The summed E-state index contributed by atoms with van der Waals surface area (Å²) in [6.45, 7) is 6.72. The van der Waals surface area contributed by atoms with Crippen molar-refractivity contribution in [2.75, 3.05) is 13.2 Å². The molecule has 0 spiro atoms. The number of ether oxygens (including phenoxy) is 3. The summed E-state index contributed by atoms with van der Waals surface area (Å²) >= 11 is 1.05. The minimum absolute atomic E-state index is 0.105. The smallest absolute Gasteiger partial charge is 0.366 e. The van der Waals surface area contributed by atoms with Gasteiger partial charge in [-0.15, -0.1) is 0 Å². The van der Waals surface area contributed by atoms with Crippen LogP contribution in [-0.2, 0) is 19.1 Å². The first-order valence-corrected chi connectivity index (χ1v) is 10.8. The molecular formula is C25H23FO6S. The Morgan fingerprint density at radius 1 is 0.939 bits per heavy atom. The highest BCUT2D eigenvalue weighted by atomic mass is 32.2. The van der Waals surface area contributed by atoms with Crippen molar-refractivity contribution in [2.24, 2.45) is 0 Å². The normalized spacial score (nSPS) is 10.5. The molecule has 0 fully saturated rings. The minimum Gasteiger partial charge on any atom is -0.494 e. The molecule has 0 saturated carbocycles. The number of rotatable bonds is 12. The van der Waals surface area contributed by atoms with Crippen molar-refractivity contribution in [3.8, 4) is 11.5 Å². The number of unbranched alkanes of at least 4 members (excludes halogenated alkanes) is 1. The summed E-state index contributed by atoms with van der Waals surface area (Å²) in [6.07, 6.45) is 5.43. The van der Waals surface area contributed by atoms with Gasteiger partial charge in [0, 0.05) is 11.0 Å². The SMILES string of the molecule is C=CC(=O)Oc1ccc(SC(=O)/C=C/c2ccc(OCCCCOC(=O)C(=C)F)cc2)cc1. The van der Waals surface area contributed by atoms with Gasteiger partial charge in [0.25, 0.3) is 0 Å². The number of hydrogen-bond donors (Lipinski definition) is 0. The average Bonchev–Trinajstić information content (AvgIpc) is 2.81. The van der Waals surface area contributed by atoms with Crippen LogP contribution >= 0.6 is 11.8 Å². The van der Waals surface area contributed by atoms with Gasteiger partial charge < -0.3 is 14.2 Å². The largest absolute Gasteiger partial charge is 0.494 e. The summed E-state index contributed by atoms with van der Waals surface area (Å²) in [6, 6.07) is 13.8. The second kappa shape index (κ2) is 13.7. The van der Waals surface area contributed by atoms with Gasteiger partial charge >= 0.3 is 11.9 Å². The van der Waals surface area contributed by atoms with E-state index in [-0.39, 0.29) is 11.7 Å². The van der Waals surface area contributed by atoms with E-state index in [2.05, 4.69) is 17.9 Å². The highest BCUT2D eigenvalue weighted by Gasteiger charge is 2.06. The van der Waals surface area contributed by atoms with Crippen LogP contribution in [0, 0.1) is 0 Å². The van der Waals surface area contributed by atoms with Crippen molar-refractivity contribution in [2.45, 2.75) is 17.7 Å². The van der Waals surface area contributed by atoms with E-state index in [1.54, 1.807) is 42.5 Å². The molecule has 0 aromatic heterocycles. The predicted molar refractivity (Wildman–Crippen MR) is 125 cm³/mol. The molecule has 0 aliphatic rings. The van der Waals surface area contributed by atoms with E-state index >= 15 is 0 Å². The zero-order valence-corrected chi connectivity index (χ0v) is 18.6. The van der Waals surface area contributed by atoms with Crippen LogP contribution in [0.1, 0.15) is 18.4 Å². The molecule has 0 aliphatic carbocycles. The van der Waals surface area contributed by atoms with Crippen LogP contribution in [0.15, 0.2) is 84.6 Å². The molecule has 0 radical (unpaired) electrons. The molecule has 8 heteroatoms. The molecule has 0 N–H and O–H groups in total. The lowest BCUT2D eigenvalue weighted by Crippen LogP contribution is -2.07. The number of carbonyl (C=O) groups is 3. The Bertz CT molecular complexity index is 1010. The Labute approximate surface area is 195 Å². The van der Waals surface area contributed by atoms with E-state index in [9.17, 15) is 18.8 Å². The van der Waals surface area contributed by atoms with Crippen molar-refractivity contribution in [1.82, 2.24) is 0 Å². The van der Waals surface area contributed by atoms with E-state index in [1.807, 2.05) is 12.1 Å². The van der Waals surface area contributed by atoms with Crippen molar-refractivity contribution >= 4 is 34.9 Å². The third-order valence-corrected chi connectivity index (χ3v) is 4.83. The summed E-state index contributed by atoms with van der Waals surface area (Å²) in [5.41, 5.74) is 0.835. The summed E-state index contributed by atoms with van der Waals surface area (Å²) < 4.78 is 27.7. The molecular weight excluding hydrogens is 447 g/mol. The Hall–Kier alpha value is -3.65. The second-order valence-corrected chi connectivity index (χ2v) is 7.59. The zero-order chi connectivity index (χ0) is 24.1. The second-order valence-electron chi connectivity index (χ2n) is 6.52. The maximum atomic E-state index is 12.4. The number of carbonyl (C=O) groups excluding carboxylic acids is 3. The maximum Gasteiger partial charge on any atom is 0.366 e. The molecule has 2 aromatic carbocycles. The van der Waals surface area contributed by atoms with Crippen molar-refractivity contribution in [1.29, 1.82) is 0 Å². The lowest BCUT2D eigenvalue weighted by molar-refractivity contribution is -0.140. The van der Waals surface area contributed by atoms with Gasteiger partial charge in [0.05, 0.1) is 13.2 Å². The first-order chi connectivity index (χ1) is 15.9. The van der Waals surface area contributed by atoms with Gasteiger partial charge in [-0.25, -0.2) is 9.59 Å². The van der Waals surface area contributed by atoms with Crippen LogP contribution in [0.5, 0.6) is 11.5 Å². The highest BCUT2D eigenvalue weighted by molar-refractivity contribution is 8.14. The van der Waals surface area contributed by atoms with Crippen LogP contribution in [0.25, 0.3) is 6.08 Å². The van der Waals surface area contributed by atoms with Crippen LogP contribution in [-0.4, -0.2) is 30.3 Å². The minimum atomic E-state index is -1.11. The number of benzene rings is 2. The molecule has 2 aromatic rings. The Morgan fingerprint density at radius 2 is 1.58 bits per heavy atom. The van der Waals surface area contributed by atoms with E-state index in [1.165, 1.54) is 6.08 Å². The molecule has 6 nitrogen and oxygen atoms in total. The fourth-order valence-corrected chi connectivity index (χ4v) is 3.00. The van der Waals surface area contributed by atoms with E-state index < -0.39 is 17.8 Å². The van der Waals surface area contributed by atoms with Gasteiger partial charge in [0.1, 0.15) is 11.5 Å². The van der Waals surface area contributed by atoms with E-state index in [0.29, 0.717) is 30.9 Å². The Morgan fingerprint density at radius 3 is 2.21 bits per heavy atom. The van der Waals surface area contributed by atoms with Crippen LogP contribution < -0.4 is 9.47 Å². The quantitative estimate of drug-likeness (QED) is 0.137. The molecule has 172 valence electrons. The molecule has 0 heterocycles. The van der Waals surface area contributed by atoms with Crippen LogP contribution in [0.2, 0.25) is 0 Å². The monoisotopic (exact) mass is 470 g/mol. The summed E-state index contributed by atoms with van der Waals surface area (Å²) in [4.78, 5) is 34.9. The molecule has 0 aliphatic heterocycles. The average molecular weight is 471 g/mol. The van der Waals surface area contributed by atoms with Crippen LogP contribution in [0.3, 0.4) is 0 Å². The van der Waals surface area contributed by atoms with E-state index in [0.717, 1.165) is 28.3 Å². The van der Waals surface area contributed by atoms with Gasteiger partial charge in [-0.05, 0) is 72.6 Å². The maximum absolute atomic E-state index is 12.4. The van der Waals surface area contributed by atoms with Gasteiger partial charge in [-0.3, -0.25) is 4.79 Å². The summed E-state index contributed by atoms with van der Waals surface area (Å²) in [5, 5.41) is -0.150. The number of thioether (sulfide) groups is 1. The molecule has 33 heavy (non-hydrogen) atoms. The Balaban J connectivity index is 1.71. The van der Waals surface area contributed by atoms with Gasteiger partial charge in [0.2, 0.25) is 10.9 Å². The van der Waals surface area contributed by atoms with Crippen LogP contribution in [0.4, 0.5) is 4.39 Å². The lowest BCUT2D eigenvalue weighted by Gasteiger charge is -2.07. The third-order valence-electron chi connectivity index (χ3n) is 3.98. The molecule has 0 amide bonds. The fourth-order valence-electron chi connectivity index (χ4n) is 2.36. The zero-order valence-electron chi connectivity index (χ0n) is 17.8. The van der Waals surface area contributed by atoms with Crippen molar-refractivity contribution in [3.05, 3.63) is 85.2 Å². The first-order valence-electron chi connectivity index (χ1n) is 9.96. The van der Waals surface area contributed by atoms with Gasteiger partial charge in [-0.1, -0.05) is 31.4 Å². The fraction of sp³-hybridized carbons (Fsp3) is 0.160. The lowest BCUT2D eigenvalue weighted by atomic mass is 10.2. The molecule has 0 unspecified atom stereocenters. The topological polar surface area (TPSA) is 78.9 Å². The standard InChI is InChI=1S/C25H23FO6S/c1-3-23(27)32-21-11-13-22(14-12-21)33-24(28)15-8-19-6-9-20(10-7-19)30-16-4-5-17-31-25(29)18(2)26/h3,6-15H,1-2,4-5,16-17H2/b15-8+. The Kier molecular flexibility index (Phi) is 10.6. The van der Waals surface area contributed by atoms with Gasteiger partial charge in [0.15, 0.2) is 0 Å². The van der Waals surface area contributed by atoms with E-state index in [4.69, 9.17) is 9.47 Å². The number of halogens is 1. The number of hydrogen-bond acceptors (Lipinski definition) is 7. The third kappa shape index (κ3) is 10.0.